The van der Waals surface area contributed by atoms with E-state index in [9.17, 15) is 4.79 Å². The van der Waals surface area contributed by atoms with E-state index in [2.05, 4.69) is 35.8 Å². The molecule has 9 heteroatoms. The van der Waals surface area contributed by atoms with Gasteiger partial charge in [0.25, 0.3) is 5.91 Å². The quantitative estimate of drug-likeness (QED) is 0.321. The number of amides is 1. The summed E-state index contributed by atoms with van der Waals surface area (Å²) in [4.78, 5) is 26.3. The first-order valence-corrected chi connectivity index (χ1v) is 10.3. The van der Waals surface area contributed by atoms with Gasteiger partial charge in [-0.1, -0.05) is 12.1 Å². The summed E-state index contributed by atoms with van der Waals surface area (Å²) in [6.07, 6.45) is 7.61. The predicted octanol–water partition coefficient (Wildman–Crippen LogP) is 2.30. The van der Waals surface area contributed by atoms with Crippen LogP contribution >= 0.6 is 0 Å². The number of nitrogens with two attached hydrogens (primary N) is 1. The molecule has 162 valence electrons. The average molecular weight is 429 g/mol. The highest BCUT2D eigenvalue weighted by Crippen LogP contribution is 2.21. The van der Waals surface area contributed by atoms with Crippen molar-refractivity contribution in [1.29, 1.82) is 0 Å². The summed E-state index contributed by atoms with van der Waals surface area (Å²) < 4.78 is 0. The third-order valence-electron chi connectivity index (χ3n) is 4.95. The molecule has 5 N–H and O–H groups in total. The second-order valence-corrected chi connectivity index (χ2v) is 7.07. The molecule has 0 bridgehead atoms. The third-order valence-corrected chi connectivity index (χ3v) is 4.95. The zero-order chi connectivity index (χ0) is 22.2. The molecular formula is C23H24N8O. The van der Waals surface area contributed by atoms with Crippen molar-refractivity contribution in [3.05, 3.63) is 89.8 Å². The Morgan fingerprint density at radius 1 is 1.06 bits per heavy atom. The van der Waals surface area contributed by atoms with Crippen molar-refractivity contribution in [3.8, 4) is 11.3 Å². The molecule has 0 fully saturated rings. The summed E-state index contributed by atoms with van der Waals surface area (Å²) in [5, 5.41) is 13.0. The molecule has 0 saturated carbocycles. The van der Waals surface area contributed by atoms with Crippen LogP contribution in [0.1, 0.15) is 27.3 Å². The van der Waals surface area contributed by atoms with E-state index in [0.717, 1.165) is 22.5 Å². The molecule has 4 aromatic rings. The number of pyridine rings is 3. The fraction of sp³-hybridized carbons (Fsp3) is 0.174. The summed E-state index contributed by atoms with van der Waals surface area (Å²) in [5.41, 5.74) is 10.4. The fourth-order valence-electron chi connectivity index (χ4n) is 3.27. The van der Waals surface area contributed by atoms with Crippen LogP contribution in [0.2, 0.25) is 0 Å². The monoisotopic (exact) mass is 428 g/mol. The lowest BCUT2D eigenvalue weighted by Gasteiger charge is -2.13. The maximum atomic E-state index is 13.0. The number of hydrogen-bond acceptors (Lipinski definition) is 7. The number of hydrogen-bond donors (Lipinski definition) is 4. The van der Waals surface area contributed by atoms with Gasteiger partial charge in [0.1, 0.15) is 5.82 Å². The Kier molecular flexibility index (Phi) is 6.78. The number of H-pyrrole nitrogens is 1. The highest BCUT2D eigenvalue weighted by Gasteiger charge is 2.15. The van der Waals surface area contributed by atoms with Crippen LogP contribution in [-0.2, 0) is 19.5 Å². The molecule has 0 atom stereocenters. The SMILES string of the molecule is NCc1ncccc1CNC(=O)c1ccc(-c2cn[nH]c2)nc1NCCc1ccccn1. The van der Waals surface area contributed by atoms with Crippen molar-refractivity contribution in [2.24, 2.45) is 5.73 Å². The van der Waals surface area contributed by atoms with Gasteiger partial charge in [-0.3, -0.25) is 19.9 Å². The highest BCUT2D eigenvalue weighted by molar-refractivity contribution is 5.99. The Morgan fingerprint density at radius 3 is 2.75 bits per heavy atom. The first-order chi connectivity index (χ1) is 15.7. The number of carbonyl (C=O) groups excluding carboxylic acids is 1. The van der Waals surface area contributed by atoms with Crippen molar-refractivity contribution in [1.82, 2.24) is 30.5 Å². The molecule has 0 radical (unpaired) electrons. The normalized spacial score (nSPS) is 10.7. The Hall–Kier alpha value is -4.11. The Morgan fingerprint density at radius 2 is 1.97 bits per heavy atom. The van der Waals surface area contributed by atoms with Crippen LogP contribution in [-0.4, -0.2) is 37.6 Å². The van der Waals surface area contributed by atoms with Crippen molar-refractivity contribution >= 4 is 11.7 Å². The Balaban J connectivity index is 1.52. The summed E-state index contributed by atoms with van der Waals surface area (Å²) in [5.74, 6) is 0.269. The van der Waals surface area contributed by atoms with E-state index >= 15 is 0 Å². The van der Waals surface area contributed by atoms with E-state index in [4.69, 9.17) is 5.73 Å². The minimum atomic E-state index is -0.233. The molecule has 0 aliphatic rings. The van der Waals surface area contributed by atoms with E-state index in [-0.39, 0.29) is 5.91 Å². The van der Waals surface area contributed by atoms with E-state index in [1.54, 1.807) is 36.9 Å². The van der Waals surface area contributed by atoms with E-state index in [1.807, 2.05) is 30.3 Å². The highest BCUT2D eigenvalue weighted by atomic mass is 16.1. The number of rotatable bonds is 9. The smallest absolute Gasteiger partial charge is 0.255 e. The average Bonchev–Trinajstić information content (AvgIpc) is 3.38. The van der Waals surface area contributed by atoms with Gasteiger partial charge in [0, 0.05) is 55.9 Å². The zero-order valence-corrected chi connectivity index (χ0v) is 17.5. The van der Waals surface area contributed by atoms with Crippen LogP contribution in [0.5, 0.6) is 0 Å². The van der Waals surface area contributed by atoms with Gasteiger partial charge in [0.15, 0.2) is 0 Å². The molecule has 0 unspecified atom stereocenters. The number of anilines is 1. The molecular weight excluding hydrogens is 404 g/mol. The van der Waals surface area contributed by atoms with Gasteiger partial charge in [-0.15, -0.1) is 0 Å². The lowest BCUT2D eigenvalue weighted by molar-refractivity contribution is 0.0951. The van der Waals surface area contributed by atoms with E-state index in [1.165, 1.54) is 0 Å². The van der Waals surface area contributed by atoms with Gasteiger partial charge >= 0.3 is 0 Å². The molecule has 0 aliphatic carbocycles. The number of nitrogens with zero attached hydrogens (tertiary/aromatic N) is 4. The third kappa shape index (κ3) is 5.13. The van der Waals surface area contributed by atoms with Gasteiger partial charge in [-0.05, 0) is 35.9 Å². The fourth-order valence-corrected chi connectivity index (χ4v) is 3.27. The first-order valence-electron chi connectivity index (χ1n) is 10.3. The second kappa shape index (κ2) is 10.3. The van der Waals surface area contributed by atoms with Gasteiger partial charge in [-0.25, -0.2) is 4.98 Å². The van der Waals surface area contributed by atoms with Crippen LogP contribution in [0.25, 0.3) is 11.3 Å². The standard InChI is InChI=1S/C23H24N8O/c24-12-21-16(4-3-10-26-21)13-28-23(32)19-6-7-20(17-14-29-30-15-17)31-22(19)27-11-8-18-5-1-2-9-25-18/h1-7,9-10,14-15H,8,11-13,24H2,(H,27,31)(H,28,32)(H,29,30). The molecule has 0 saturated heterocycles. The van der Waals surface area contributed by atoms with Crippen LogP contribution in [0.3, 0.4) is 0 Å². The van der Waals surface area contributed by atoms with Gasteiger partial charge in [-0.2, -0.15) is 5.10 Å². The minimum absolute atomic E-state index is 0.233. The van der Waals surface area contributed by atoms with Gasteiger partial charge in [0.05, 0.1) is 23.1 Å². The summed E-state index contributed by atoms with van der Waals surface area (Å²) >= 11 is 0. The topological polar surface area (TPSA) is 134 Å². The predicted molar refractivity (Wildman–Crippen MR) is 122 cm³/mol. The summed E-state index contributed by atoms with van der Waals surface area (Å²) in [7, 11) is 0. The maximum Gasteiger partial charge on any atom is 0.255 e. The molecule has 1 amide bonds. The molecule has 0 spiro atoms. The lowest BCUT2D eigenvalue weighted by atomic mass is 10.1. The van der Waals surface area contributed by atoms with Gasteiger partial charge < -0.3 is 16.4 Å². The van der Waals surface area contributed by atoms with Gasteiger partial charge in [0.2, 0.25) is 0 Å². The van der Waals surface area contributed by atoms with Crippen LogP contribution < -0.4 is 16.4 Å². The number of nitrogens with one attached hydrogen (secondary N) is 3. The zero-order valence-electron chi connectivity index (χ0n) is 17.5. The number of aromatic nitrogens is 5. The molecule has 4 rings (SSSR count). The maximum absolute atomic E-state index is 13.0. The molecule has 0 aromatic carbocycles. The van der Waals surface area contributed by atoms with Crippen molar-refractivity contribution < 1.29 is 4.79 Å². The first kappa shape index (κ1) is 21.1. The lowest BCUT2D eigenvalue weighted by Crippen LogP contribution is -2.25. The van der Waals surface area contributed by atoms with E-state index < -0.39 is 0 Å². The van der Waals surface area contributed by atoms with Crippen LogP contribution in [0, 0.1) is 0 Å². The van der Waals surface area contributed by atoms with Crippen LogP contribution in [0.4, 0.5) is 5.82 Å². The summed E-state index contributed by atoms with van der Waals surface area (Å²) in [6.45, 7) is 1.22. The van der Waals surface area contributed by atoms with Crippen LogP contribution in [0.15, 0.2) is 67.3 Å². The minimum Gasteiger partial charge on any atom is -0.369 e. The molecule has 32 heavy (non-hydrogen) atoms. The van der Waals surface area contributed by atoms with E-state index in [0.29, 0.717) is 43.1 Å². The number of aromatic amines is 1. The molecule has 4 heterocycles. The Labute approximate surface area is 185 Å². The number of carbonyl (C=O) groups is 1. The Bertz CT molecular complexity index is 1160. The second-order valence-electron chi connectivity index (χ2n) is 7.07. The van der Waals surface area contributed by atoms with Crippen molar-refractivity contribution in [2.75, 3.05) is 11.9 Å². The van der Waals surface area contributed by atoms with Crippen molar-refractivity contribution in [2.45, 2.75) is 19.5 Å². The largest absolute Gasteiger partial charge is 0.369 e. The molecule has 4 aromatic heterocycles. The molecule has 9 nitrogen and oxygen atoms in total. The molecule has 0 aliphatic heterocycles. The van der Waals surface area contributed by atoms with Crippen molar-refractivity contribution in [3.63, 3.8) is 0 Å². The summed E-state index contributed by atoms with van der Waals surface area (Å²) in [6, 6.07) is 13.1.